The molecule has 0 aromatic heterocycles. The number of hydrogen-bond donors (Lipinski definition) is 0. The fourth-order valence-corrected chi connectivity index (χ4v) is 12.9. The first-order valence-corrected chi connectivity index (χ1v) is 24.0. The van der Waals surface area contributed by atoms with Crippen LogP contribution in [-0.2, 0) is 10.8 Å². The zero-order valence-corrected chi connectivity index (χ0v) is 37.4. The van der Waals surface area contributed by atoms with Gasteiger partial charge in [-0.3, -0.25) is 0 Å². The molecule has 0 radical (unpaired) electrons. The molecule has 2 atom stereocenters. The summed E-state index contributed by atoms with van der Waals surface area (Å²) in [6.07, 6.45) is 27.4. The highest BCUT2D eigenvalue weighted by Crippen LogP contribution is 2.65. The standard InChI is InChI=1S/C64H53N/c1-63(2)57-23-10-6-19-51(57)55-38-36-50(41-61(55)63)65(48-32-27-43(28-33-48)42-15-4-3-5-16-42)49-34-29-44(30-35-49)45-17-14-18-46(39-45)47-31-37-56-54-22-9-13-26-60(54)64(62(56)40-47)58-24-11-7-20-52(58)53-21-8-12-25-59(53)64/h3-7,10-20,23-30,32-34,36,38-41,49H,8-9,21-22,31,35,37H2,1-2H3. The number of nitrogens with zero attached hydrogens (tertiary/aromatic N) is 1. The highest BCUT2D eigenvalue weighted by atomic mass is 15.2. The zero-order valence-electron chi connectivity index (χ0n) is 37.4. The summed E-state index contributed by atoms with van der Waals surface area (Å²) in [5.74, 6) is 0. The number of fused-ring (bicyclic) bond motifs is 10. The molecule has 0 saturated carbocycles. The van der Waals surface area contributed by atoms with E-state index in [2.05, 4.69) is 213 Å². The first-order valence-electron chi connectivity index (χ1n) is 24.0. The average Bonchev–Trinajstić information content (AvgIpc) is 3.93. The lowest BCUT2D eigenvalue weighted by Gasteiger charge is -2.36. The Morgan fingerprint density at radius 1 is 0.477 bits per heavy atom. The van der Waals surface area contributed by atoms with Crippen LogP contribution in [0.25, 0.3) is 39.0 Å². The number of benzene rings is 6. The second-order valence-corrected chi connectivity index (χ2v) is 19.6. The van der Waals surface area contributed by atoms with E-state index in [9.17, 15) is 0 Å². The third kappa shape index (κ3) is 5.77. The summed E-state index contributed by atoms with van der Waals surface area (Å²) >= 11 is 0. The summed E-state index contributed by atoms with van der Waals surface area (Å²) in [7, 11) is 0. The van der Waals surface area contributed by atoms with E-state index in [1.165, 1.54) is 83.7 Å². The maximum atomic E-state index is 2.64. The maximum Gasteiger partial charge on any atom is 0.0715 e. The quantitative estimate of drug-likeness (QED) is 0.162. The molecule has 0 fully saturated rings. The van der Waals surface area contributed by atoms with E-state index in [0.29, 0.717) is 0 Å². The third-order valence-electron chi connectivity index (χ3n) is 15.9. The summed E-state index contributed by atoms with van der Waals surface area (Å²) in [5.41, 5.74) is 27.9. The molecule has 0 saturated heterocycles. The van der Waals surface area contributed by atoms with Crippen LogP contribution in [0.5, 0.6) is 0 Å². The molecule has 65 heavy (non-hydrogen) atoms. The maximum absolute atomic E-state index is 2.64. The Morgan fingerprint density at radius 3 is 1.92 bits per heavy atom. The van der Waals surface area contributed by atoms with Crippen molar-refractivity contribution in [1.82, 2.24) is 0 Å². The topological polar surface area (TPSA) is 3.24 Å². The van der Waals surface area contributed by atoms with Gasteiger partial charge in [0.15, 0.2) is 0 Å². The van der Waals surface area contributed by atoms with Crippen molar-refractivity contribution in [2.75, 3.05) is 4.90 Å². The lowest BCUT2D eigenvalue weighted by atomic mass is 9.65. The second kappa shape index (κ2) is 14.8. The van der Waals surface area contributed by atoms with Gasteiger partial charge in [0.2, 0.25) is 0 Å². The lowest BCUT2D eigenvalue weighted by molar-refractivity contribution is 0.659. The van der Waals surface area contributed by atoms with Gasteiger partial charge >= 0.3 is 0 Å². The van der Waals surface area contributed by atoms with Gasteiger partial charge in [0, 0.05) is 16.8 Å². The van der Waals surface area contributed by atoms with Crippen LogP contribution >= 0.6 is 0 Å². The van der Waals surface area contributed by atoms with Gasteiger partial charge in [-0.15, -0.1) is 0 Å². The van der Waals surface area contributed by atoms with Crippen molar-refractivity contribution < 1.29 is 0 Å². The second-order valence-electron chi connectivity index (χ2n) is 19.6. The summed E-state index contributed by atoms with van der Waals surface area (Å²) in [4.78, 5) is 2.57. The smallest absolute Gasteiger partial charge is 0.0715 e. The van der Waals surface area contributed by atoms with Gasteiger partial charge in [-0.05, 0) is 175 Å². The van der Waals surface area contributed by atoms with Gasteiger partial charge in [-0.1, -0.05) is 178 Å². The Hall–Kier alpha value is -6.96. The summed E-state index contributed by atoms with van der Waals surface area (Å²) in [6.45, 7) is 4.76. The molecule has 7 aliphatic carbocycles. The van der Waals surface area contributed by atoms with Crippen molar-refractivity contribution in [2.45, 2.75) is 75.7 Å². The number of anilines is 2. The van der Waals surface area contributed by atoms with Gasteiger partial charge in [-0.25, -0.2) is 0 Å². The van der Waals surface area contributed by atoms with Crippen LogP contribution in [0.2, 0.25) is 0 Å². The molecule has 7 aliphatic rings. The SMILES string of the molecule is CC1(C)c2ccccc2-c2ccc(N(c3ccc(-c4ccccc4)cc3)C3C=CC(c4cccc(C5=CC6=C(CC5)C5=C(C=CCC5)C65C6=C(CCC=C6)c6ccccc65)c4)=CC3)cc21. The first kappa shape index (κ1) is 38.5. The predicted molar refractivity (Wildman–Crippen MR) is 273 cm³/mol. The molecule has 13 rings (SSSR count). The van der Waals surface area contributed by atoms with E-state index in [4.69, 9.17) is 0 Å². The zero-order chi connectivity index (χ0) is 43.3. The minimum absolute atomic E-state index is 0.0723. The average molecular weight is 836 g/mol. The van der Waals surface area contributed by atoms with Crippen LogP contribution in [-0.4, -0.2) is 6.04 Å². The summed E-state index contributed by atoms with van der Waals surface area (Å²) < 4.78 is 0. The highest BCUT2D eigenvalue weighted by Gasteiger charge is 2.54. The number of rotatable bonds is 6. The highest BCUT2D eigenvalue weighted by molar-refractivity contribution is 5.93. The van der Waals surface area contributed by atoms with Crippen molar-refractivity contribution in [3.63, 3.8) is 0 Å². The molecular weight excluding hydrogens is 783 g/mol. The van der Waals surface area contributed by atoms with Gasteiger partial charge in [0.25, 0.3) is 0 Å². The summed E-state index contributed by atoms with van der Waals surface area (Å²) in [6, 6.07) is 55.0. The fraction of sp³-hybridized carbons (Fsp3) is 0.188. The molecule has 1 spiro atoms. The minimum atomic E-state index is -0.205. The predicted octanol–water partition coefficient (Wildman–Crippen LogP) is 16.4. The number of allylic oxidation sites excluding steroid dienone is 14. The molecule has 314 valence electrons. The number of hydrogen-bond acceptors (Lipinski definition) is 1. The fourth-order valence-electron chi connectivity index (χ4n) is 12.9. The van der Waals surface area contributed by atoms with Gasteiger partial charge < -0.3 is 4.90 Å². The van der Waals surface area contributed by atoms with Crippen molar-refractivity contribution in [1.29, 1.82) is 0 Å². The van der Waals surface area contributed by atoms with Crippen LogP contribution in [0.15, 0.2) is 222 Å². The Balaban J connectivity index is 0.842. The molecule has 0 amide bonds. The molecule has 0 heterocycles. The Morgan fingerprint density at radius 2 is 1.12 bits per heavy atom. The van der Waals surface area contributed by atoms with E-state index in [1.54, 1.807) is 27.9 Å². The molecule has 6 aromatic rings. The largest absolute Gasteiger partial charge is 0.334 e. The molecule has 6 aromatic carbocycles. The van der Waals surface area contributed by atoms with Crippen LogP contribution in [0, 0.1) is 0 Å². The molecule has 2 unspecified atom stereocenters. The molecular formula is C64H53N. The third-order valence-corrected chi connectivity index (χ3v) is 15.9. The van der Waals surface area contributed by atoms with Crippen molar-refractivity contribution in [3.05, 3.63) is 255 Å². The molecule has 0 N–H and O–H groups in total. The monoisotopic (exact) mass is 835 g/mol. The Bertz CT molecular complexity index is 3240. The van der Waals surface area contributed by atoms with Gasteiger partial charge in [0.1, 0.15) is 0 Å². The lowest BCUT2D eigenvalue weighted by Crippen LogP contribution is -2.30. The minimum Gasteiger partial charge on any atom is -0.334 e. The molecule has 0 aliphatic heterocycles. The van der Waals surface area contributed by atoms with Crippen molar-refractivity contribution in [3.8, 4) is 22.3 Å². The first-order chi connectivity index (χ1) is 32.0. The van der Waals surface area contributed by atoms with Crippen LogP contribution < -0.4 is 4.90 Å². The van der Waals surface area contributed by atoms with Crippen LogP contribution in [0.3, 0.4) is 0 Å². The van der Waals surface area contributed by atoms with E-state index >= 15 is 0 Å². The van der Waals surface area contributed by atoms with Gasteiger partial charge in [0.05, 0.1) is 11.5 Å². The normalized spacial score (nSPS) is 21.7. The van der Waals surface area contributed by atoms with E-state index in [0.717, 1.165) is 44.9 Å². The Labute approximate surface area is 384 Å². The molecule has 1 heteroatoms. The van der Waals surface area contributed by atoms with Gasteiger partial charge in [-0.2, -0.15) is 0 Å². The van der Waals surface area contributed by atoms with E-state index in [-0.39, 0.29) is 16.9 Å². The van der Waals surface area contributed by atoms with E-state index in [1.807, 2.05) is 0 Å². The molecule has 1 nitrogen and oxygen atoms in total. The summed E-state index contributed by atoms with van der Waals surface area (Å²) in [5, 5.41) is 0. The Kier molecular flexibility index (Phi) is 8.76. The van der Waals surface area contributed by atoms with E-state index < -0.39 is 0 Å². The van der Waals surface area contributed by atoms with Crippen molar-refractivity contribution >= 4 is 28.1 Å². The van der Waals surface area contributed by atoms with Crippen molar-refractivity contribution in [2.24, 2.45) is 0 Å². The van der Waals surface area contributed by atoms with Crippen LogP contribution in [0.4, 0.5) is 11.4 Å². The molecule has 0 bridgehead atoms. The van der Waals surface area contributed by atoms with Crippen LogP contribution in [0.1, 0.15) is 92.2 Å².